The van der Waals surface area contributed by atoms with E-state index in [4.69, 9.17) is 4.42 Å². The predicted molar refractivity (Wildman–Crippen MR) is 50.7 cm³/mol. The highest BCUT2D eigenvalue weighted by Gasteiger charge is 2.28. The van der Waals surface area contributed by atoms with E-state index in [9.17, 15) is 0 Å². The zero-order chi connectivity index (χ0) is 10.2. The van der Waals surface area contributed by atoms with Crippen LogP contribution in [0.2, 0.25) is 0 Å². The molecule has 0 N–H and O–H groups in total. The van der Waals surface area contributed by atoms with E-state index < -0.39 is 0 Å². The Labute approximate surface area is 82.6 Å². The van der Waals surface area contributed by atoms with Gasteiger partial charge in [-0.05, 0) is 20.8 Å². The van der Waals surface area contributed by atoms with E-state index in [1.165, 1.54) is 0 Å². The Bertz CT molecular complexity index is 414. The van der Waals surface area contributed by atoms with Crippen LogP contribution in [-0.4, -0.2) is 14.8 Å². The molecule has 2 rings (SSSR count). The number of nitrogens with zero attached hydrogens (tertiary/aromatic N) is 3. The largest absolute Gasteiger partial charge is 0.443 e. The van der Waals surface area contributed by atoms with Crippen molar-refractivity contribution >= 4 is 0 Å². The van der Waals surface area contributed by atoms with Gasteiger partial charge in [-0.2, -0.15) is 5.10 Å². The summed E-state index contributed by atoms with van der Waals surface area (Å²) in [4.78, 5) is 4.20. The number of aromatic nitrogens is 3. The predicted octanol–water partition coefficient (Wildman–Crippen LogP) is 1.76. The highest BCUT2D eigenvalue weighted by molar-refractivity contribution is 5.04. The Morgan fingerprint density at radius 2 is 2.29 bits per heavy atom. The maximum atomic E-state index is 5.49. The second kappa shape index (κ2) is 2.97. The summed E-state index contributed by atoms with van der Waals surface area (Å²) in [5.41, 5.74) is -0.367. The molecule has 2 heterocycles. The molecule has 2 aromatic heterocycles. The number of rotatable bonds is 2. The minimum Gasteiger partial charge on any atom is -0.443 e. The van der Waals surface area contributed by atoms with Gasteiger partial charge in [0, 0.05) is 12.3 Å². The first-order chi connectivity index (χ1) is 6.60. The normalized spacial score (nSPS) is 11.9. The highest BCUT2D eigenvalue weighted by atomic mass is 16.4. The molecule has 0 saturated carbocycles. The standard InChI is InChI=1S/C10H12N3O/c1-8-7-11-9(14-8)10(2,3)13-6-4-5-12-13/h5-7H,1-3H3. The average molecular weight is 190 g/mol. The lowest BCUT2D eigenvalue weighted by atomic mass is 10.1. The van der Waals surface area contributed by atoms with Crippen LogP contribution in [0.4, 0.5) is 0 Å². The lowest BCUT2D eigenvalue weighted by molar-refractivity contribution is 0.293. The van der Waals surface area contributed by atoms with E-state index in [0.717, 1.165) is 5.76 Å². The second-order valence-electron chi connectivity index (χ2n) is 3.72. The molecule has 0 fully saturated rings. The third-order valence-electron chi connectivity index (χ3n) is 2.17. The highest BCUT2D eigenvalue weighted by Crippen LogP contribution is 2.23. The van der Waals surface area contributed by atoms with Crippen molar-refractivity contribution in [3.63, 3.8) is 0 Å². The molecular formula is C10H12N3O. The van der Waals surface area contributed by atoms with Gasteiger partial charge in [0.25, 0.3) is 0 Å². The van der Waals surface area contributed by atoms with Crippen molar-refractivity contribution in [1.29, 1.82) is 0 Å². The lowest BCUT2D eigenvalue weighted by Crippen LogP contribution is -2.28. The fraction of sp³-hybridized carbons (Fsp3) is 0.400. The molecule has 0 aliphatic heterocycles. The molecule has 0 aliphatic rings. The molecule has 0 spiro atoms. The van der Waals surface area contributed by atoms with Gasteiger partial charge in [-0.25, -0.2) is 4.98 Å². The van der Waals surface area contributed by atoms with Crippen molar-refractivity contribution in [3.05, 3.63) is 36.3 Å². The second-order valence-corrected chi connectivity index (χ2v) is 3.72. The molecule has 73 valence electrons. The van der Waals surface area contributed by atoms with Gasteiger partial charge in [0.15, 0.2) is 0 Å². The fourth-order valence-corrected chi connectivity index (χ4v) is 1.27. The van der Waals surface area contributed by atoms with Gasteiger partial charge in [-0.15, -0.1) is 0 Å². The van der Waals surface area contributed by atoms with Crippen molar-refractivity contribution in [2.45, 2.75) is 26.3 Å². The fourth-order valence-electron chi connectivity index (χ4n) is 1.27. The number of oxazole rings is 1. The Morgan fingerprint density at radius 1 is 1.50 bits per heavy atom. The van der Waals surface area contributed by atoms with Crippen LogP contribution >= 0.6 is 0 Å². The molecule has 0 amide bonds. The maximum absolute atomic E-state index is 5.49. The van der Waals surface area contributed by atoms with Crippen molar-refractivity contribution < 1.29 is 4.42 Å². The summed E-state index contributed by atoms with van der Waals surface area (Å²) in [7, 11) is 0. The van der Waals surface area contributed by atoms with Crippen LogP contribution in [0, 0.1) is 13.0 Å². The van der Waals surface area contributed by atoms with Crippen LogP contribution < -0.4 is 0 Å². The SMILES string of the molecule is Cc1cnc(C(C)(C)n2c[c]cn2)o1. The van der Waals surface area contributed by atoms with E-state index >= 15 is 0 Å². The molecule has 0 saturated heterocycles. The Balaban J connectivity index is 2.42. The molecule has 0 aliphatic carbocycles. The summed E-state index contributed by atoms with van der Waals surface area (Å²) >= 11 is 0. The average Bonchev–Trinajstić information content (AvgIpc) is 2.72. The van der Waals surface area contributed by atoms with E-state index in [1.54, 1.807) is 23.3 Å². The van der Waals surface area contributed by atoms with E-state index in [1.807, 2.05) is 20.8 Å². The van der Waals surface area contributed by atoms with Crippen LogP contribution in [0.1, 0.15) is 25.5 Å². The van der Waals surface area contributed by atoms with Crippen LogP contribution in [0.3, 0.4) is 0 Å². The van der Waals surface area contributed by atoms with Crippen LogP contribution in [0.25, 0.3) is 0 Å². The topological polar surface area (TPSA) is 43.9 Å². The van der Waals surface area contributed by atoms with Crippen molar-refractivity contribution in [1.82, 2.24) is 14.8 Å². The minimum atomic E-state index is -0.367. The minimum absolute atomic E-state index is 0.367. The summed E-state index contributed by atoms with van der Waals surface area (Å²) in [5, 5.41) is 4.13. The first-order valence-electron chi connectivity index (χ1n) is 4.45. The van der Waals surface area contributed by atoms with Gasteiger partial charge in [-0.3, -0.25) is 4.68 Å². The van der Waals surface area contributed by atoms with Crippen molar-refractivity contribution in [3.8, 4) is 0 Å². The van der Waals surface area contributed by atoms with Gasteiger partial charge in [0.2, 0.25) is 5.89 Å². The number of hydrogen-bond donors (Lipinski definition) is 0. The summed E-state index contributed by atoms with van der Waals surface area (Å²) in [6.07, 6.45) is 5.11. The van der Waals surface area contributed by atoms with E-state index in [2.05, 4.69) is 16.1 Å². The molecule has 0 bridgehead atoms. The van der Waals surface area contributed by atoms with Gasteiger partial charge >= 0.3 is 0 Å². The summed E-state index contributed by atoms with van der Waals surface area (Å²) in [6, 6.07) is 2.89. The molecule has 14 heavy (non-hydrogen) atoms. The third kappa shape index (κ3) is 1.32. The number of hydrogen-bond acceptors (Lipinski definition) is 3. The first-order valence-corrected chi connectivity index (χ1v) is 4.45. The molecule has 1 radical (unpaired) electrons. The molecule has 4 heteroatoms. The Morgan fingerprint density at radius 3 is 2.79 bits per heavy atom. The van der Waals surface area contributed by atoms with E-state index in [0.29, 0.717) is 5.89 Å². The summed E-state index contributed by atoms with van der Waals surface area (Å²) in [6.45, 7) is 5.88. The zero-order valence-corrected chi connectivity index (χ0v) is 8.48. The monoisotopic (exact) mass is 190 g/mol. The number of aryl methyl sites for hydroxylation is 1. The van der Waals surface area contributed by atoms with E-state index in [-0.39, 0.29) is 5.54 Å². The van der Waals surface area contributed by atoms with Gasteiger partial charge < -0.3 is 4.42 Å². The van der Waals surface area contributed by atoms with Crippen LogP contribution in [-0.2, 0) is 5.54 Å². The molecule has 0 unspecified atom stereocenters. The molecular weight excluding hydrogens is 178 g/mol. The third-order valence-corrected chi connectivity index (χ3v) is 2.17. The zero-order valence-electron chi connectivity index (χ0n) is 8.48. The van der Waals surface area contributed by atoms with Crippen molar-refractivity contribution in [2.24, 2.45) is 0 Å². The molecule has 4 nitrogen and oxygen atoms in total. The van der Waals surface area contributed by atoms with Crippen molar-refractivity contribution in [2.75, 3.05) is 0 Å². The molecule has 0 aromatic carbocycles. The first kappa shape index (κ1) is 8.99. The van der Waals surface area contributed by atoms with Gasteiger partial charge in [-0.1, -0.05) is 0 Å². The molecule has 2 aromatic rings. The van der Waals surface area contributed by atoms with Gasteiger partial charge in [0.05, 0.1) is 12.4 Å². The Kier molecular flexibility index (Phi) is 1.91. The molecule has 0 atom stereocenters. The smallest absolute Gasteiger partial charge is 0.221 e. The quantitative estimate of drug-likeness (QED) is 0.724. The Hall–Kier alpha value is -1.58. The lowest BCUT2D eigenvalue weighted by Gasteiger charge is -2.21. The summed E-state index contributed by atoms with van der Waals surface area (Å²) in [5.74, 6) is 1.47. The summed E-state index contributed by atoms with van der Waals surface area (Å²) < 4.78 is 7.26. The van der Waals surface area contributed by atoms with Gasteiger partial charge in [0.1, 0.15) is 11.3 Å². The van der Waals surface area contributed by atoms with Crippen LogP contribution in [0.15, 0.2) is 23.0 Å². The van der Waals surface area contributed by atoms with Crippen LogP contribution in [0.5, 0.6) is 0 Å². The maximum Gasteiger partial charge on any atom is 0.221 e.